The smallest absolute Gasteiger partial charge is 0.0104 e. The van der Waals surface area contributed by atoms with Crippen molar-refractivity contribution in [1.29, 1.82) is 0 Å². The van der Waals surface area contributed by atoms with E-state index in [1.807, 2.05) is 0 Å². The number of benzene rings is 1. The minimum atomic E-state index is 0.762. The summed E-state index contributed by atoms with van der Waals surface area (Å²) < 4.78 is 0. The first kappa shape index (κ1) is 12.2. The first-order valence-corrected chi connectivity index (χ1v) is 7.60. The van der Waals surface area contributed by atoms with Crippen LogP contribution in [0.25, 0.3) is 0 Å². The summed E-state index contributed by atoms with van der Waals surface area (Å²) in [5.74, 6) is 2.72. The molecule has 0 bridgehead atoms. The van der Waals surface area contributed by atoms with Crippen molar-refractivity contribution in [1.82, 2.24) is 5.32 Å². The molecule has 1 saturated carbocycles. The van der Waals surface area contributed by atoms with Crippen LogP contribution in [0.4, 0.5) is 0 Å². The molecule has 98 valence electrons. The van der Waals surface area contributed by atoms with E-state index in [2.05, 4.69) is 43.4 Å². The molecule has 3 rings (SSSR count). The Kier molecular flexibility index (Phi) is 3.43. The second kappa shape index (κ2) is 5.05. The molecule has 1 fully saturated rings. The maximum atomic E-state index is 3.79. The van der Waals surface area contributed by atoms with Gasteiger partial charge in [0.1, 0.15) is 0 Å². The molecule has 0 aromatic heterocycles. The Morgan fingerprint density at radius 1 is 1.33 bits per heavy atom. The van der Waals surface area contributed by atoms with Crippen molar-refractivity contribution in [2.45, 2.75) is 51.5 Å². The fourth-order valence-electron chi connectivity index (χ4n) is 3.53. The molecule has 1 aromatic carbocycles. The Balaban J connectivity index is 1.60. The van der Waals surface area contributed by atoms with Crippen LogP contribution in [-0.4, -0.2) is 12.6 Å². The third-order valence-electron chi connectivity index (χ3n) is 4.84. The molecular formula is C17H25N. The molecule has 0 aliphatic heterocycles. The maximum absolute atomic E-state index is 3.79. The van der Waals surface area contributed by atoms with Gasteiger partial charge in [-0.2, -0.15) is 0 Å². The van der Waals surface area contributed by atoms with Gasteiger partial charge in [0.2, 0.25) is 0 Å². The summed E-state index contributed by atoms with van der Waals surface area (Å²) in [4.78, 5) is 0. The van der Waals surface area contributed by atoms with Crippen molar-refractivity contribution < 1.29 is 0 Å². The highest BCUT2D eigenvalue weighted by molar-refractivity contribution is 5.40. The lowest BCUT2D eigenvalue weighted by Crippen LogP contribution is -2.36. The second-order valence-corrected chi connectivity index (χ2v) is 6.27. The lowest BCUT2D eigenvalue weighted by molar-refractivity contribution is 0.374. The van der Waals surface area contributed by atoms with E-state index in [0.717, 1.165) is 23.8 Å². The highest BCUT2D eigenvalue weighted by atomic mass is 14.9. The molecule has 1 aromatic rings. The van der Waals surface area contributed by atoms with Crippen LogP contribution < -0.4 is 5.32 Å². The zero-order chi connectivity index (χ0) is 12.5. The normalized spacial score (nSPS) is 30.4. The first-order valence-electron chi connectivity index (χ1n) is 7.60. The quantitative estimate of drug-likeness (QED) is 0.802. The molecule has 0 radical (unpaired) electrons. The monoisotopic (exact) mass is 243 g/mol. The van der Waals surface area contributed by atoms with Crippen molar-refractivity contribution in [3.05, 3.63) is 35.4 Å². The van der Waals surface area contributed by atoms with Gasteiger partial charge in [0.15, 0.2) is 0 Å². The molecule has 1 N–H and O–H groups in total. The average molecular weight is 243 g/mol. The van der Waals surface area contributed by atoms with Crippen molar-refractivity contribution in [3.63, 3.8) is 0 Å². The minimum absolute atomic E-state index is 0.762. The van der Waals surface area contributed by atoms with Crippen LogP contribution in [0.3, 0.4) is 0 Å². The van der Waals surface area contributed by atoms with E-state index in [1.54, 1.807) is 11.1 Å². The van der Waals surface area contributed by atoms with Crippen LogP contribution in [-0.2, 0) is 6.42 Å². The summed E-state index contributed by atoms with van der Waals surface area (Å²) in [5, 5.41) is 3.79. The maximum Gasteiger partial charge on any atom is 0.0104 e. The van der Waals surface area contributed by atoms with Crippen molar-refractivity contribution in [2.75, 3.05) is 6.54 Å². The molecule has 0 amide bonds. The SMILES string of the molecule is CCCNC(CC1Cc2ccccc21)C1CC1C. The van der Waals surface area contributed by atoms with Crippen molar-refractivity contribution in [2.24, 2.45) is 11.8 Å². The van der Waals surface area contributed by atoms with Gasteiger partial charge in [-0.25, -0.2) is 0 Å². The molecular weight excluding hydrogens is 218 g/mol. The molecule has 1 heteroatoms. The van der Waals surface area contributed by atoms with Crippen molar-refractivity contribution in [3.8, 4) is 0 Å². The predicted molar refractivity (Wildman–Crippen MR) is 76.9 cm³/mol. The average Bonchev–Trinajstić information content (AvgIpc) is 3.07. The summed E-state index contributed by atoms with van der Waals surface area (Å²) in [6.45, 7) is 5.85. The fraction of sp³-hybridized carbons (Fsp3) is 0.647. The summed E-state index contributed by atoms with van der Waals surface area (Å²) in [5.41, 5.74) is 3.20. The molecule has 0 saturated heterocycles. The van der Waals surface area contributed by atoms with Gasteiger partial charge in [0.25, 0.3) is 0 Å². The lowest BCUT2D eigenvalue weighted by Gasteiger charge is -2.33. The van der Waals surface area contributed by atoms with E-state index in [-0.39, 0.29) is 0 Å². The summed E-state index contributed by atoms with van der Waals surface area (Å²) >= 11 is 0. The molecule has 1 nitrogen and oxygen atoms in total. The number of hydrogen-bond acceptors (Lipinski definition) is 1. The lowest BCUT2D eigenvalue weighted by atomic mass is 9.74. The van der Waals surface area contributed by atoms with Crippen LogP contribution in [0.2, 0.25) is 0 Å². The van der Waals surface area contributed by atoms with Crippen LogP contribution >= 0.6 is 0 Å². The molecule has 4 atom stereocenters. The molecule has 4 unspecified atom stereocenters. The van der Waals surface area contributed by atoms with Gasteiger partial charge < -0.3 is 5.32 Å². The number of rotatable bonds is 6. The van der Waals surface area contributed by atoms with Crippen LogP contribution in [0.15, 0.2) is 24.3 Å². The Labute approximate surface area is 111 Å². The first-order chi connectivity index (χ1) is 8.79. The highest BCUT2D eigenvalue weighted by Gasteiger charge is 2.41. The summed E-state index contributed by atoms with van der Waals surface area (Å²) in [7, 11) is 0. The second-order valence-electron chi connectivity index (χ2n) is 6.27. The molecule has 18 heavy (non-hydrogen) atoms. The third kappa shape index (κ3) is 2.33. The number of hydrogen-bond donors (Lipinski definition) is 1. The van der Waals surface area contributed by atoms with E-state index >= 15 is 0 Å². The van der Waals surface area contributed by atoms with Crippen molar-refractivity contribution >= 4 is 0 Å². The standard InChI is InChI=1S/C17H25N/c1-3-8-18-17(16-9-12(16)2)11-14-10-13-6-4-5-7-15(13)14/h4-7,12,14,16-18H,3,8-11H2,1-2H3. The third-order valence-corrected chi connectivity index (χ3v) is 4.84. The Hall–Kier alpha value is -0.820. The predicted octanol–water partition coefficient (Wildman–Crippen LogP) is 3.74. The Bertz CT molecular complexity index is 412. The van der Waals surface area contributed by atoms with E-state index in [4.69, 9.17) is 0 Å². The van der Waals surface area contributed by atoms with E-state index in [1.165, 1.54) is 32.2 Å². The number of fused-ring (bicyclic) bond motifs is 1. The Morgan fingerprint density at radius 2 is 2.11 bits per heavy atom. The van der Waals surface area contributed by atoms with Gasteiger partial charge in [-0.15, -0.1) is 0 Å². The molecule has 0 heterocycles. The molecule has 2 aliphatic carbocycles. The van der Waals surface area contributed by atoms with Crippen LogP contribution in [0, 0.1) is 11.8 Å². The van der Waals surface area contributed by atoms with E-state index < -0.39 is 0 Å². The van der Waals surface area contributed by atoms with Gasteiger partial charge >= 0.3 is 0 Å². The van der Waals surface area contributed by atoms with Crippen LogP contribution in [0.5, 0.6) is 0 Å². The fourth-order valence-corrected chi connectivity index (χ4v) is 3.53. The Morgan fingerprint density at radius 3 is 2.78 bits per heavy atom. The van der Waals surface area contributed by atoms with E-state index in [0.29, 0.717) is 0 Å². The number of nitrogens with one attached hydrogen (secondary N) is 1. The zero-order valence-electron chi connectivity index (χ0n) is 11.7. The van der Waals surface area contributed by atoms with Crippen LogP contribution in [0.1, 0.15) is 50.2 Å². The zero-order valence-corrected chi connectivity index (χ0v) is 11.7. The summed E-state index contributed by atoms with van der Waals surface area (Å²) in [6, 6.07) is 9.75. The molecule has 0 spiro atoms. The largest absolute Gasteiger partial charge is 0.314 e. The van der Waals surface area contributed by atoms with Gasteiger partial charge in [-0.1, -0.05) is 38.1 Å². The topological polar surface area (TPSA) is 12.0 Å². The summed E-state index contributed by atoms with van der Waals surface area (Å²) in [6.07, 6.45) is 5.35. The van der Waals surface area contributed by atoms with E-state index in [9.17, 15) is 0 Å². The van der Waals surface area contributed by atoms with Gasteiger partial charge in [0, 0.05) is 6.04 Å². The van der Waals surface area contributed by atoms with Gasteiger partial charge in [-0.05, 0) is 61.1 Å². The molecule has 2 aliphatic rings. The van der Waals surface area contributed by atoms with Gasteiger partial charge in [0.05, 0.1) is 0 Å². The van der Waals surface area contributed by atoms with Gasteiger partial charge in [-0.3, -0.25) is 0 Å². The highest BCUT2D eigenvalue weighted by Crippen LogP contribution is 2.46. The minimum Gasteiger partial charge on any atom is -0.314 e.